The largest absolute Gasteiger partial charge is 0.339 e. The summed E-state index contributed by atoms with van der Waals surface area (Å²) in [5, 5.41) is 4.00. The van der Waals surface area contributed by atoms with Gasteiger partial charge in [0.05, 0.1) is 12.0 Å². The van der Waals surface area contributed by atoms with Crippen LogP contribution in [0.25, 0.3) is 0 Å². The van der Waals surface area contributed by atoms with Crippen molar-refractivity contribution in [2.24, 2.45) is 0 Å². The number of hydrogen-bond donors (Lipinski definition) is 0. The molecule has 1 saturated heterocycles. The number of nitrogens with zero attached hydrogens (tertiary/aromatic N) is 3. The Balaban J connectivity index is 1.46. The lowest BCUT2D eigenvalue weighted by molar-refractivity contribution is -0.129. The molecule has 138 valence electrons. The van der Waals surface area contributed by atoms with Gasteiger partial charge in [0.25, 0.3) is 0 Å². The number of carbonyl (C=O) groups is 1. The molecule has 2 atom stereocenters. The summed E-state index contributed by atoms with van der Waals surface area (Å²) in [4.78, 5) is 18.8. The van der Waals surface area contributed by atoms with Crippen molar-refractivity contribution in [2.45, 2.75) is 31.7 Å². The number of benzene rings is 2. The van der Waals surface area contributed by atoms with Gasteiger partial charge in [-0.25, -0.2) is 4.39 Å². The van der Waals surface area contributed by atoms with Crippen molar-refractivity contribution < 1.29 is 13.7 Å². The maximum Gasteiger partial charge on any atom is 0.232 e. The lowest BCUT2D eigenvalue weighted by Crippen LogP contribution is -2.28. The third kappa shape index (κ3) is 3.74. The van der Waals surface area contributed by atoms with E-state index in [4.69, 9.17) is 4.52 Å². The number of hydrogen-bond acceptors (Lipinski definition) is 4. The average molecular weight is 365 g/mol. The topological polar surface area (TPSA) is 59.2 Å². The van der Waals surface area contributed by atoms with Crippen LogP contribution in [-0.4, -0.2) is 27.5 Å². The van der Waals surface area contributed by atoms with Gasteiger partial charge in [0.15, 0.2) is 5.82 Å². The fraction of sp³-hybridized carbons (Fsp3) is 0.286. The highest BCUT2D eigenvalue weighted by Crippen LogP contribution is 2.33. The van der Waals surface area contributed by atoms with Crippen LogP contribution in [0.2, 0.25) is 0 Å². The molecule has 0 N–H and O–H groups in total. The molecule has 5 nitrogen and oxygen atoms in total. The van der Waals surface area contributed by atoms with E-state index in [1.165, 1.54) is 12.1 Å². The Labute approximate surface area is 156 Å². The molecule has 0 bridgehead atoms. The summed E-state index contributed by atoms with van der Waals surface area (Å²) in [6.45, 7) is 2.58. The number of halogens is 1. The molecule has 2 aromatic carbocycles. The monoisotopic (exact) mass is 365 g/mol. The second kappa shape index (κ2) is 7.31. The summed E-state index contributed by atoms with van der Waals surface area (Å²) in [5.74, 6) is 0.650. The Kier molecular flexibility index (Phi) is 4.71. The van der Waals surface area contributed by atoms with E-state index in [9.17, 15) is 9.18 Å². The Hall–Kier alpha value is -3.02. The molecule has 2 unspecified atom stereocenters. The number of aromatic nitrogens is 2. The minimum absolute atomic E-state index is 0.00149. The van der Waals surface area contributed by atoms with E-state index in [1.807, 2.05) is 48.2 Å². The van der Waals surface area contributed by atoms with Crippen LogP contribution in [0, 0.1) is 5.82 Å². The van der Waals surface area contributed by atoms with Crippen LogP contribution in [0.1, 0.15) is 48.1 Å². The van der Waals surface area contributed by atoms with Crippen LogP contribution in [0.5, 0.6) is 0 Å². The normalized spacial score (nSPS) is 18.1. The van der Waals surface area contributed by atoms with Crippen molar-refractivity contribution in [1.29, 1.82) is 0 Å². The summed E-state index contributed by atoms with van der Waals surface area (Å²) in [6.07, 6.45) is 0.755. The summed E-state index contributed by atoms with van der Waals surface area (Å²) >= 11 is 0. The van der Waals surface area contributed by atoms with E-state index in [1.54, 1.807) is 6.07 Å². The molecule has 1 aromatic heterocycles. The summed E-state index contributed by atoms with van der Waals surface area (Å²) in [6, 6.07) is 16.3. The van der Waals surface area contributed by atoms with Crippen molar-refractivity contribution >= 4 is 5.91 Å². The molecule has 27 heavy (non-hydrogen) atoms. The minimum Gasteiger partial charge on any atom is -0.339 e. The first-order valence-corrected chi connectivity index (χ1v) is 9.01. The van der Waals surface area contributed by atoms with Gasteiger partial charge in [0.2, 0.25) is 11.8 Å². The Morgan fingerprint density at radius 3 is 2.81 bits per heavy atom. The molecular weight excluding hydrogens is 345 g/mol. The predicted molar refractivity (Wildman–Crippen MR) is 97.4 cm³/mol. The maximum absolute atomic E-state index is 13.3. The van der Waals surface area contributed by atoms with Gasteiger partial charge in [-0.3, -0.25) is 4.79 Å². The van der Waals surface area contributed by atoms with Crippen LogP contribution in [0.3, 0.4) is 0 Å². The number of carbonyl (C=O) groups excluding carboxylic acids is 1. The molecule has 0 spiro atoms. The Morgan fingerprint density at radius 1 is 1.22 bits per heavy atom. The van der Waals surface area contributed by atoms with E-state index in [2.05, 4.69) is 10.1 Å². The summed E-state index contributed by atoms with van der Waals surface area (Å²) in [5.41, 5.74) is 1.88. The number of amides is 1. The van der Waals surface area contributed by atoms with E-state index < -0.39 is 0 Å². The lowest BCUT2D eigenvalue weighted by Gasteiger charge is -2.24. The van der Waals surface area contributed by atoms with Crippen LogP contribution in [0.15, 0.2) is 59.1 Å². The molecule has 1 fully saturated rings. The molecule has 1 aliphatic heterocycles. The maximum atomic E-state index is 13.3. The van der Waals surface area contributed by atoms with Gasteiger partial charge >= 0.3 is 0 Å². The van der Waals surface area contributed by atoms with Crippen LogP contribution in [0.4, 0.5) is 4.39 Å². The van der Waals surface area contributed by atoms with Gasteiger partial charge in [-0.2, -0.15) is 4.98 Å². The predicted octanol–water partition coefficient (Wildman–Crippen LogP) is 3.88. The van der Waals surface area contributed by atoms with Crippen LogP contribution < -0.4 is 0 Å². The van der Waals surface area contributed by atoms with E-state index in [0.29, 0.717) is 31.1 Å². The highest BCUT2D eigenvalue weighted by molar-refractivity contribution is 5.80. The van der Waals surface area contributed by atoms with Crippen LogP contribution in [-0.2, 0) is 11.2 Å². The third-order valence-corrected chi connectivity index (χ3v) is 4.99. The van der Waals surface area contributed by atoms with Gasteiger partial charge in [-0.05, 0) is 30.2 Å². The second-order valence-corrected chi connectivity index (χ2v) is 6.89. The zero-order valence-electron chi connectivity index (χ0n) is 15.0. The van der Waals surface area contributed by atoms with Gasteiger partial charge in [0, 0.05) is 19.4 Å². The van der Waals surface area contributed by atoms with Crippen LogP contribution >= 0.6 is 0 Å². The fourth-order valence-corrected chi connectivity index (χ4v) is 3.52. The smallest absolute Gasteiger partial charge is 0.232 e. The zero-order chi connectivity index (χ0) is 18.8. The molecular formula is C21H20FN3O2. The Bertz CT molecular complexity index is 941. The highest BCUT2D eigenvalue weighted by Gasteiger charge is 2.36. The first-order chi connectivity index (χ1) is 13.1. The van der Waals surface area contributed by atoms with Crippen molar-refractivity contribution in [3.05, 3.63) is 83.3 Å². The fourth-order valence-electron chi connectivity index (χ4n) is 3.52. The standard InChI is InChI=1S/C21H20FN3O2/c1-14(16-7-3-2-4-8-16)25-13-17(12-20(25)26)21-23-19(24-27-21)11-15-6-5-9-18(22)10-15/h2-10,14,17H,11-13H2,1H3. The first-order valence-electron chi connectivity index (χ1n) is 9.01. The quantitative estimate of drug-likeness (QED) is 0.689. The van der Waals surface area contributed by atoms with Gasteiger partial charge in [-0.15, -0.1) is 0 Å². The van der Waals surface area contributed by atoms with Crippen molar-refractivity contribution in [1.82, 2.24) is 15.0 Å². The average Bonchev–Trinajstić information content (AvgIpc) is 3.28. The molecule has 1 aliphatic rings. The molecule has 6 heteroatoms. The third-order valence-electron chi connectivity index (χ3n) is 4.99. The van der Waals surface area contributed by atoms with Crippen molar-refractivity contribution in [3.63, 3.8) is 0 Å². The van der Waals surface area contributed by atoms with E-state index in [0.717, 1.165) is 11.1 Å². The molecule has 3 aromatic rings. The molecule has 0 aliphatic carbocycles. The highest BCUT2D eigenvalue weighted by atomic mass is 19.1. The minimum atomic E-state index is -0.289. The van der Waals surface area contributed by atoms with Gasteiger partial charge in [0.1, 0.15) is 5.82 Å². The molecule has 4 rings (SSSR count). The SMILES string of the molecule is CC(c1ccccc1)N1CC(c2nc(Cc3cccc(F)c3)no2)CC1=O. The van der Waals surface area contributed by atoms with Crippen molar-refractivity contribution in [2.75, 3.05) is 6.54 Å². The Morgan fingerprint density at radius 2 is 2.04 bits per heavy atom. The molecule has 1 amide bonds. The van der Waals surface area contributed by atoms with Crippen molar-refractivity contribution in [3.8, 4) is 0 Å². The van der Waals surface area contributed by atoms with Gasteiger partial charge < -0.3 is 9.42 Å². The zero-order valence-corrected chi connectivity index (χ0v) is 15.0. The van der Waals surface area contributed by atoms with E-state index >= 15 is 0 Å². The summed E-state index contributed by atoms with van der Waals surface area (Å²) < 4.78 is 18.7. The van der Waals surface area contributed by atoms with Gasteiger partial charge in [-0.1, -0.05) is 47.6 Å². The molecule has 0 saturated carbocycles. The summed E-state index contributed by atoms with van der Waals surface area (Å²) in [7, 11) is 0. The first kappa shape index (κ1) is 17.4. The lowest BCUT2D eigenvalue weighted by atomic mass is 10.1. The number of rotatable bonds is 5. The molecule has 0 radical (unpaired) electrons. The number of likely N-dealkylation sites (tertiary alicyclic amines) is 1. The molecule has 2 heterocycles. The van der Waals surface area contributed by atoms with E-state index in [-0.39, 0.29) is 23.7 Å². The second-order valence-electron chi connectivity index (χ2n) is 6.89.